The number of thiazole rings is 1. The summed E-state index contributed by atoms with van der Waals surface area (Å²) < 4.78 is 0. The van der Waals surface area contributed by atoms with E-state index >= 15 is 0 Å². The quantitative estimate of drug-likeness (QED) is 0.807. The summed E-state index contributed by atoms with van der Waals surface area (Å²) in [5.74, 6) is -0.899. The molecule has 1 saturated heterocycles. The summed E-state index contributed by atoms with van der Waals surface area (Å²) in [5.41, 5.74) is 9.01. The molecule has 3 N–H and O–H groups in total. The number of aromatic nitrogens is 1. The number of carboxylic acids is 1. The number of hydrogen-bond donors (Lipinski definition) is 2. The lowest BCUT2D eigenvalue weighted by molar-refractivity contribution is -0.147. The van der Waals surface area contributed by atoms with Gasteiger partial charge in [-0.2, -0.15) is 0 Å². The van der Waals surface area contributed by atoms with E-state index in [1.54, 1.807) is 11.6 Å². The molecule has 1 aromatic rings. The van der Waals surface area contributed by atoms with E-state index in [9.17, 15) is 14.7 Å². The van der Waals surface area contributed by atoms with E-state index in [-0.39, 0.29) is 17.0 Å². The molecule has 1 fully saturated rings. The van der Waals surface area contributed by atoms with Crippen LogP contribution in [0.3, 0.4) is 0 Å². The zero-order chi connectivity index (χ0) is 15.1. The molecule has 6 nitrogen and oxygen atoms in total. The first-order valence-corrected chi connectivity index (χ1v) is 8.18. The molecule has 3 rings (SSSR count). The van der Waals surface area contributed by atoms with Gasteiger partial charge < -0.3 is 10.8 Å². The van der Waals surface area contributed by atoms with Crippen molar-refractivity contribution in [3.8, 4) is 0 Å². The van der Waals surface area contributed by atoms with E-state index in [2.05, 4.69) is 4.98 Å². The highest BCUT2D eigenvalue weighted by Crippen LogP contribution is 2.39. The number of aliphatic carboxylic acids is 1. The van der Waals surface area contributed by atoms with Gasteiger partial charge in [-0.3, -0.25) is 9.69 Å². The Bertz CT molecular complexity index is 680. The van der Waals surface area contributed by atoms with E-state index in [4.69, 9.17) is 5.73 Å². The molecule has 21 heavy (non-hydrogen) atoms. The maximum absolute atomic E-state index is 11.8. The van der Waals surface area contributed by atoms with Crippen LogP contribution in [0.1, 0.15) is 10.6 Å². The van der Waals surface area contributed by atoms with Crippen LogP contribution in [0.25, 0.3) is 6.08 Å². The average molecular weight is 323 g/mol. The van der Waals surface area contributed by atoms with Gasteiger partial charge in [0.1, 0.15) is 17.1 Å². The summed E-state index contributed by atoms with van der Waals surface area (Å²) in [6.45, 7) is 1.90. The molecule has 2 atom stereocenters. The van der Waals surface area contributed by atoms with Crippen molar-refractivity contribution in [2.75, 3.05) is 5.75 Å². The Morgan fingerprint density at radius 2 is 2.33 bits per heavy atom. The highest BCUT2D eigenvalue weighted by molar-refractivity contribution is 8.00. The number of β-lactam (4-membered cyclic amide) rings is 1. The number of nitrogens with zero attached hydrogens (tertiary/aromatic N) is 2. The first-order chi connectivity index (χ1) is 10.0. The predicted octanol–water partition coefficient (Wildman–Crippen LogP) is 1.05. The van der Waals surface area contributed by atoms with Gasteiger partial charge in [0.05, 0.1) is 11.2 Å². The minimum atomic E-state index is -1.10. The molecule has 0 bridgehead atoms. The molecule has 0 saturated carbocycles. The van der Waals surface area contributed by atoms with Gasteiger partial charge in [0.2, 0.25) is 5.91 Å². The summed E-state index contributed by atoms with van der Waals surface area (Å²) in [7, 11) is 0. The Balaban J connectivity index is 1.95. The third kappa shape index (κ3) is 2.29. The van der Waals surface area contributed by atoms with Crippen molar-refractivity contribution >= 4 is 41.1 Å². The van der Waals surface area contributed by atoms with Crippen molar-refractivity contribution in [2.45, 2.75) is 18.3 Å². The van der Waals surface area contributed by atoms with Crippen molar-refractivity contribution in [3.63, 3.8) is 0 Å². The van der Waals surface area contributed by atoms with E-state index in [1.807, 2.05) is 13.0 Å². The minimum absolute atomic E-state index is 0.0452. The normalized spacial score (nSPS) is 25.2. The molecule has 0 aromatic carbocycles. The second kappa shape index (κ2) is 5.28. The van der Waals surface area contributed by atoms with Crippen molar-refractivity contribution < 1.29 is 14.7 Å². The first-order valence-electron chi connectivity index (χ1n) is 6.25. The zero-order valence-electron chi connectivity index (χ0n) is 11.1. The topological polar surface area (TPSA) is 96.5 Å². The second-order valence-corrected chi connectivity index (χ2v) is 6.74. The lowest BCUT2D eigenvalue weighted by Crippen LogP contribution is -2.68. The number of hydrogen-bond acceptors (Lipinski definition) is 6. The van der Waals surface area contributed by atoms with Crippen molar-refractivity contribution in [1.29, 1.82) is 0 Å². The molecule has 2 aliphatic rings. The Morgan fingerprint density at radius 1 is 1.57 bits per heavy atom. The molecule has 0 unspecified atom stereocenters. The van der Waals surface area contributed by atoms with E-state index in [0.29, 0.717) is 11.3 Å². The molecule has 0 aliphatic carbocycles. The Hall–Kier alpha value is -1.64. The van der Waals surface area contributed by atoms with Crippen LogP contribution >= 0.6 is 23.1 Å². The van der Waals surface area contributed by atoms with Gasteiger partial charge in [-0.1, -0.05) is 6.08 Å². The molecule has 1 amide bonds. The molecular weight excluding hydrogens is 310 g/mol. The number of thioether (sulfide) groups is 1. The van der Waals surface area contributed by atoms with Crippen LogP contribution in [0.4, 0.5) is 0 Å². The Kier molecular flexibility index (Phi) is 3.60. The number of rotatable bonds is 3. The number of fused-ring (bicyclic) bond motifs is 1. The lowest BCUT2D eigenvalue weighted by atomic mass is 10.0. The molecule has 0 radical (unpaired) electrons. The SMILES string of the molecule is Cc1ncsc1/C=C\C1=C(C(=O)O)N2C(=O)[C@@H](N)[C@H]2SC1. The summed E-state index contributed by atoms with van der Waals surface area (Å²) in [6, 6.07) is -0.598. The summed E-state index contributed by atoms with van der Waals surface area (Å²) in [5, 5.41) is 9.14. The predicted molar refractivity (Wildman–Crippen MR) is 81.6 cm³/mol. The number of allylic oxidation sites excluding steroid dienone is 1. The molecule has 0 spiro atoms. The van der Waals surface area contributed by atoms with E-state index < -0.39 is 12.0 Å². The number of carbonyl (C=O) groups is 2. The number of carbonyl (C=O) groups excluding carboxylic acids is 1. The number of aryl methyl sites for hydroxylation is 1. The van der Waals surface area contributed by atoms with Crippen LogP contribution in [-0.2, 0) is 9.59 Å². The number of carboxylic acid groups (broad SMARTS) is 1. The third-order valence-electron chi connectivity index (χ3n) is 3.46. The molecular formula is C13H13N3O3S2. The number of amides is 1. The standard InChI is InChI=1S/C13H13N3O3S2/c1-6-8(21-5-15-6)3-2-7-4-20-12-9(14)11(17)16(12)10(7)13(18)19/h2-3,5,9,12H,4,14H2,1H3,(H,18,19)/b3-2-/t9-,12-/m1/s1. The largest absolute Gasteiger partial charge is 0.477 e. The fraction of sp³-hybridized carbons (Fsp3) is 0.308. The van der Waals surface area contributed by atoms with Crippen LogP contribution in [-0.4, -0.2) is 44.0 Å². The third-order valence-corrected chi connectivity index (χ3v) is 5.68. The first kappa shape index (κ1) is 14.3. The fourth-order valence-corrected chi connectivity index (χ4v) is 4.27. The molecule has 8 heteroatoms. The smallest absolute Gasteiger partial charge is 0.352 e. The maximum Gasteiger partial charge on any atom is 0.352 e. The molecule has 110 valence electrons. The monoisotopic (exact) mass is 323 g/mol. The highest BCUT2D eigenvalue weighted by atomic mass is 32.2. The average Bonchev–Trinajstić information content (AvgIpc) is 2.88. The van der Waals surface area contributed by atoms with E-state index in [0.717, 1.165) is 10.6 Å². The Labute approximate surface area is 129 Å². The van der Waals surface area contributed by atoms with E-state index in [1.165, 1.54) is 28.0 Å². The van der Waals surface area contributed by atoms with Gasteiger partial charge in [0.15, 0.2) is 0 Å². The van der Waals surface area contributed by atoms with Gasteiger partial charge in [-0.15, -0.1) is 23.1 Å². The van der Waals surface area contributed by atoms with Crippen LogP contribution in [0.2, 0.25) is 0 Å². The van der Waals surface area contributed by atoms with Crippen molar-refractivity contribution in [1.82, 2.24) is 9.88 Å². The minimum Gasteiger partial charge on any atom is -0.477 e. The summed E-state index contributed by atoms with van der Waals surface area (Å²) in [4.78, 5) is 29.7. The van der Waals surface area contributed by atoms with Crippen molar-refractivity contribution in [2.24, 2.45) is 5.73 Å². The Morgan fingerprint density at radius 3 is 2.95 bits per heavy atom. The lowest BCUT2D eigenvalue weighted by Gasteiger charge is -2.47. The number of nitrogens with two attached hydrogens (primary N) is 1. The zero-order valence-corrected chi connectivity index (χ0v) is 12.8. The van der Waals surface area contributed by atoms with Crippen molar-refractivity contribution in [3.05, 3.63) is 33.4 Å². The second-order valence-electron chi connectivity index (χ2n) is 4.75. The summed E-state index contributed by atoms with van der Waals surface area (Å²) >= 11 is 2.98. The molecule has 1 aromatic heterocycles. The van der Waals surface area contributed by atoms with Crippen LogP contribution < -0.4 is 5.73 Å². The molecule has 3 heterocycles. The van der Waals surface area contributed by atoms with Crippen LogP contribution in [0, 0.1) is 6.92 Å². The fourth-order valence-electron chi connectivity index (χ4n) is 2.32. The van der Waals surface area contributed by atoms with Gasteiger partial charge in [0.25, 0.3) is 0 Å². The summed E-state index contributed by atoms with van der Waals surface area (Å²) in [6.07, 6.45) is 3.60. The van der Waals surface area contributed by atoms with Crippen LogP contribution in [0.5, 0.6) is 0 Å². The van der Waals surface area contributed by atoms with Gasteiger partial charge >= 0.3 is 5.97 Å². The van der Waals surface area contributed by atoms with Gasteiger partial charge in [0, 0.05) is 10.6 Å². The van der Waals surface area contributed by atoms with Gasteiger partial charge in [-0.25, -0.2) is 9.78 Å². The maximum atomic E-state index is 11.8. The highest BCUT2D eigenvalue weighted by Gasteiger charge is 2.51. The van der Waals surface area contributed by atoms with Gasteiger partial charge in [-0.05, 0) is 18.6 Å². The molecule has 2 aliphatic heterocycles. The van der Waals surface area contributed by atoms with Crippen LogP contribution in [0.15, 0.2) is 22.9 Å².